The first kappa shape index (κ1) is 20.3. The summed E-state index contributed by atoms with van der Waals surface area (Å²) in [5.41, 5.74) is 4.22. The topological polar surface area (TPSA) is 92.6 Å². The zero-order valence-electron chi connectivity index (χ0n) is 16.6. The molecule has 1 aromatic heterocycles. The number of hydrogen-bond acceptors (Lipinski definition) is 4. The largest absolute Gasteiger partial charge is 0.497 e. The maximum atomic E-state index is 12.1. The average molecular weight is 372 g/mol. The van der Waals surface area contributed by atoms with Gasteiger partial charge in [0.25, 0.3) is 0 Å². The fourth-order valence-electron chi connectivity index (χ4n) is 2.64. The van der Waals surface area contributed by atoms with Crippen LogP contribution in [0.15, 0.2) is 29.3 Å². The van der Waals surface area contributed by atoms with Crippen LogP contribution in [0.3, 0.4) is 0 Å². The van der Waals surface area contributed by atoms with Crippen LogP contribution in [0.5, 0.6) is 5.75 Å². The number of amides is 1. The fourth-order valence-corrected chi connectivity index (χ4v) is 2.64. The van der Waals surface area contributed by atoms with Gasteiger partial charge >= 0.3 is 0 Å². The molecule has 2 aromatic rings. The van der Waals surface area contributed by atoms with E-state index in [2.05, 4.69) is 26.0 Å². The SMILES string of the molecule is CN=C(NCC(=O)NCc1ccc(OC)cc1)NCc1c(C)nn(C)c1C. The van der Waals surface area contributed by atoms with Crippen LogP contribution in [-0.2, 0) is 24.9 Å². The Balaban J connectivity index is 1.76. The van der Waals surface area contributed by atoms with Gasteiger partial charge in [0, 0.05) is 38.4 Å². The third kappa shape index (κ3) is 5.73. The highest BCUT2D eigenvalue weighted by Gasteiger charge is 2.10. The van der Waals surface area contributed by atoms with Gasteiger partial charge in [-0.2, -0.15) is 5.10 Å². The first-order chi connectivity index (χ1) is 12.9. The number of methoxy groups -OCH3 is 1. The summed E-state index contributed by atoms with van der Waals surface area (Å²) in [6.07, 6.45) is 0. The minimum Gasteiger partial charge on any atom is -0.497 e. The summed E-state index contributed by atoms with van der Waals surface area (Å²) >= 11 is 0. The number of carbonyl (C=O) groups excluding carboxylic acids is 1. The number of guanidine groups is 1. The van der Waals surface area contributed by atoms with Crippen molar-refractivity contribution in [3.63, 3.8) is 0 Å². The van der Waals surface area contributed by atoms with Crippen molar-refractivity contribution in [1.82, 2.24) is 25.7 Å². The summed E-state index contributed by atoms with van der Waals surface area (Å²) in [5.74, 6) is 1.25. The molecular formula is C19H28N6O2. The van der Waals surface area contributed by atoms with E-state index in [9.17, 15) is 4.79 Å². The van der Waals surface area contributed by atoms with Crippen LogP contribution in [-0.4, -0.2) is 42.3 Å². The molecule has 0 saturated carbocycles. The molecule has 0 spiro atoms. The molecule has 1 amide bonds. The second-order valence-corrected chi connectivity index (χ2v) is 6.18. The summed E-state index contributed by atoms with van der Waals surface area (Å²) in [6.45, 7) is 5.21. The lowest BCUT2D eigenvalue weighted by molar-refractivity contribution is -0.120. The van der Waals surface area contributed by atoms with Crippen molar-refractivity contribution < 1.29 is 9.53 Å². The highest BCUT2D eigenvalue weighted by Crippen LogP contribution is 2.11. The Hall–Kier alpha value is -3.03. The summed E-state index contributed by atoms with van der Waals surface area (Å²) in [7, 11) is 5.22. The molecule has 0 saturated heterocycles. The quantitative estimate of drug-likeness (QED) is 0.499. The maximum absolute atomic E-state index is 12.1. The van der Waals surface area contributed by atoms with Gasteiger partial charge in [0.2, 0.25) is 5.91 Å². The molecule has 0 aliphatic carbocycles. The monoisotopic (exact) mass is 372 g/mol. The molecule has 146 valence electrons. The number of nitrogens with one attached hydrogen (secondary N) is 3. The summed E-state index contributed by atoms with van der Waals surface area (Å²) < 4.78 is 6.98. The highest BCUT2D eigenvalue weighted by atomic mass is 16.5. The number of aryl methyl sites for hydroxylation is 2. The van der Waals surface area contributed by atoms with Gasteiger partial charge in [-0.1, -0.05) is 12.1 Å². The average Bonchev–Trinajstić information content (AvgIpc) is 2.92. The normalized spacial score (nSPS) is 11.2. The lowest BCUT2D eigenvalue weighted by Crippen LogP contribution is -2.42. The van der Waals surface area contributed by atoms with Gasteiger partial charge in [-0.05, 0) is 31.5 Å². The van der Waals surface area contributed by atoms with Gasteiger partial charge in [0.15, 0.2) is 5.96 Å². The Labute approximate surface area is 160 Å². The van der Waals surface area contributed by atoms with Gasteiger partial charge in [0.05, 0.1) is 19.3 Å². The van der Waals surface area contributed by atoms with E-state index in [1.165, 1.54) is 0 Å². The summed E-state index contributed by atoms with van der Waals surface area (Å²) in [4.78, 5) is 16.2. The fraction of sp³-hybridized carbons (Fsp3) is 0.421. The minimum absolute atomic E-state index is 0.109. The van der Waals surface area contributed by atoms with Crippen LogP contribution in [0.1, 0.15) is 22.5 Å². The van der Waals surface area contributed by atoms with Crippen molar-refractivity contribution in [2.75, 3.05) is 20.7 Å². The standard InChI is InChI=1S/C19H28N6O2/c1-13-17(14(2)25(4)24-13)11-22-19(20-3)23-12-18(26)21-10-15-6-8-16(27-5)9-7-15/h6-9H,10-12H2,1-5H3,(H,21,26)(H2,20,22,23). The van der Waals surface area contributed by atoms with Crippen LogP contribution >= 0.6 is 0 Å². The van der Waals surface area contributed by atoms with Crippen molar-refractivity contribution >= 4 is 11.9 Å². The van der Waals surface area contributed by atoms with E-state index >= 15 is 0 Å². The van der Waals surface area contributed by atoms with Crippen LogP contribution in [0.25, 0.3) is 0 Å². The van der Waals surface area contributed by atoms with Crippen molar-refractivity contribution in [3.05, 3.63) is 46.8 Å². The molecule has 0 unspecified atom stereocenters. The zero-order chi connectivity index (χ0) is 19.8. The van der Waals surface area contributed by atoms with E-state index in [1.54, 1.807) is 14.2 Å². The van der Waals surface area contributed by atoms with E-state index in [0.29, 0.717) is 19.0 Å². The molecule has 0 aliphatic rings. The number of ether oxygens (including phenoxy) is 1. The lowest BCUT2D eigenvalue weighted by atomic mass is 10.2. The number of rotatable bonds is 7. The van der Waals surface area contributed by atoms with Gasteiger partial charge in [-0.15, -0.1) is 0 Å². The first-order valence-corrected chi connectivity index (χ1v) is 8.77. The molecule has 8 nitrogen and oxygen atoms in total. The lowest BCUT2D eigenvalue weighted by Gasteiger charge is -2.12. The smallest absolute Gasteiger partial charge is 0.239 e. The molecule has 27 heavy (non-hydrogen) atoms. The Bertz CT molecular complexity index is 795. The summed E-state index contributed by atoms with van der Waals surface area (Å²) in [6, 6.07) is 7.58. The predicted octanol–water partition coefficient (Wildman–Crippen LogP) is 1.03. The highest BCUT2D eigenvalue weighted by molar-refractivity contribution is 5.86. The number of benzene rings is 1. The number of hydrogen-bond donors (Lipinski definition) is 3. The molecule has 0 bridgehead atoms. The molecule has 1 heterocycles. The number of nitrogens with zero attached hydrogens (tertiary/aromatic N) is 3. The number of carbonyl (C=O) groups is 1. The second kappa shape index (κ2) is 9.61. The number of aliphatic imine (C=N–C) groups is 1. The second-order valence-electron chi connectivity index (χ2n) is 6.18. The van der Waals surface area contributed by atoms with Crippen molar-refractivity contribution in [3.8, 4) is 5.75 Å². The molecule has 0 atom stereocenters. The van der Waals surface area contributed by atoms with Gasteiger partial charge in [0.1, 0.15) is 5.75 Å². The van der Waals surface area contributed by atoms with Crippen LogP contribution < -0.4 is 20.7 Å². The molecular weight excluding hydrogens is 344 g/mol. The third-order valence-corrected chi connectivity index (χ3v) is 4.38. The molecule has 0 radical (unpaired) electrons. The number of aromatic nitrogens is 2. The Morgan fingerprint density at radius 2 is 1.85 bits per heavy atom. The summed E-state index contributed by atoms with van der Waals surface area (Å²) in [5, 5.41) is 13.5. The van der Waals surface area contributed by atoms with E-state index in [-0.39, 0.29) is 12.5 Å². The predicted molar refractivity (Wildman–Crippen MR) is 106 cm³/mol. The van der Waals surface area contributed by atoms with E-state index in [4.69, 9.17) is 4.74 Å². The Kier molecular flexibility index (Phi) is 7.22. The van der Waals surface area contributed by atoms with E-state index in [0.717, 1.165) is 28.3 Å². The molecule has 2 rings (SSSR count). The third-order valence-electron chi connectivity index (χ3n) is 4.38. The van der Waals surface area contributed by atoms with Crippen molar-refractivity contribution in [2.45, 2.75) is 26.9 Å². The van der Waals surface area contributed by atoms with E-state index < -0.39 is 0 Å². The molecule has 0 fully saturated rings. The molecule has 3 N–H and O–H groups in total. The molecule has 0 aliphatic heterocycles. The van der Waals surface area contributed by atoms with Crippen molar-refractivity contribution in [2.24, 2.45) is 12.0 Å². The van der Waals surface area contributed by atoms with Gasteiger partial charge < -0.3 is 20.7 Å². The van der Waals surface area contributed by atoms with Crippen molar-refractivity contribution in [1.29, 1.82) is 0 Å². The van der Waals surface area contributed by atoms with Crippen LogP contribution in [0, 0.1) is 13.8 Å². The van der Waals surface area contributed by atoms with Gasteiger partial charge in [-0.25, -0.2) is 0 Å². The first-order valence-electron chi connectivity index (χ1n) is 8.77. The van der Waals surface area contributed by atoms with Crippen LogP contribution in [0.2, 0.25) is 0 Å². The molecule has 8 heteroatoms. The molecule has 1 aromatic carbocycles. The zero-order valence-corrected chi connectivity index (χ0v) is 16.6. The van der Waals surface area contributed by atoms with E-state index in [1.807, 2.05) is 49.8 Å². The minimum atomic E-state index is -0.109. The maximum Gasteiger partial charge on any atom is 0.239 e. The van der Waals surface area contributed by atoms with Crippen LogP contribution in [0.4, 0.5) is 0 Å². The Morgan fingerprint density at radius 1 is 1.15 bits per heavy atom. The Morgan fingerprint density at radius 3 is 2.41 bits per heavy atom. The van der Waals surface area contributed by atoms with Gasteiger partial charge in [-0.3, -0.25) is 14.5 Å².